The van der Waals surface area contributed by atoms with Crippen LogP contribution in [0.2, 0.25) is 0 Å². The summed E-state index contributed by atoms with van der Waals surface area (Å²) in [5.41, 5.74) is 1.00. The highest BCUT2D eigenvalue weighted by atomic mass is 16.5. The molecular formula is C18H32N4O3. The number of hydrogen-bond donors (Lipinski definition) is 0. The minimum Gasteiger partial charge on any atom is -0.378 e. The molecule has 25 heavy (non-hydrogen) atoms. The molecule has 2 fully saturated rings. The number of hydrogen-bond acceptors (Lipinski definition) is 5. The van der Waals surface area contributed by atoms with Crippen LogP contribution in [-0.2, 0) is 14.3 Å². The predicted molar refractivity (Wildman–Crippen MR) is 97.3 cm³/mol. The number of ether oxygens (including phenoxy) is 1. The molecule has 2 heterocycles. The Balaban J connectivity index is 1.71. The molecule has 0 saturated carbocycles. The van der Waals surface area contributed by atoms with Gasteiger partial charge in [-0.3, -0.25) is 19.4 Å². The zero-order valence-corrected chi connectivity index (χ0v) is 15.7. The minimum absolute atomic E-state index is 0.156. The molecule has 0 bridgehead atoms. The predicted octanol–water partition coefficient (Wildman–Crippen LogP) is -0.113. The SMILES string of the molecule is C=C(C)CN(CC)C(=O)CN1CCN(CC(=O)N2CCOCC2)CC1. The van der Waals surface area contributed by atoms with Crippen molar-refractivity contribution in [3.05, 3.63) is 12.2 Å². The Labute approximate surface area is 151 Å². The molecule has 0 aromatic carbocycles. The lowest BCUT2D eigenvalue weighted by molar-refractivity contribution is -0.137. The Morgan fingerprint density at radius 2 is 1.56 bits per heavy atom. The van der Waals surface area contributed by atoms with Crippen molar-refractivity contribution in [3.63, 3.8) is 0 Å². The first-order valence-electron chi connectivity index (χ1n) is 9.22. The molecule has 7 nitrogen and oxygen atoms in total. The van der Waals surface area contributed by atoms with Crippen LogP contribution in [0.4, 0.5) is 0 Å². The summed E-state index contributed by atoms with van der Waals surface area (Å²) < 4.78 is 5.29. The van der Waals surface area contributed by atoms with Crippen LogP contribution in [0.25, 0.3) is 0 Å². The first-order valence-corrected chi connectivity index (χ1v) is 9.22. The van der Waals surface area contributed by atoms with Crippen molar-refractivity contribution < 1.29 is 14.3 Å². The van der Waals surface area contributed by atoms with E-state index in [0.29, 0.717) is 52.5 Å². The Morgan fingerprint density at radius 3 is 2.08 bits per heavy atom. The van der Waals surface area contributed by atoms with E-state index in [-0.39, 0.29) is 11.8 Å². The van der Waals surface area contributed by atoms with Gasteiger partial charge in [0.1, 0.15) is 0 Å². The van der Waals surface area contributed by atoms with Crippen molar-refractivity contribution >= 4 is 11.8 Å². The van der Waals surface area contributed by atoms with E-state index in [1.807, 2.05) is 23.6 Å². The highest BCUT2D eigenvalue weighted by molar-refractivity contribution is 5.79. The van der Waals surface area contributed by atoms with Crippen LogP contribution in [0.1, 0.15) is 13.8 Å². The summed E-state index contributed by atoms with van der Waals surface area (Å²) in [5, 5.41) is 0. The highest BCUT2D eigenvalue weighted by Crippen LogP contribution is 2.06. The molecule has 2 aliphatic rings. The highest BCUT2D eigenvalue weighted by Gasteiger charge is 2.24. The third-order valence-electron chi connectivity index (χ3n) is 4.74. The van der Waals surface area contributed by atoms with Crippen LogP contribution in [0.15, 0.2) is 12.2 Å². The van der Waals surface area contributed by atoms with Crippen LogP contribution < -0.4 is 0 Å². The van der Waals surface area contributed by atoms with Crippen molar-refractivity contribution in [2.45, 2.75) is 13.8 Å². The molecule has 0 atom stereocenters. The summed E-state index contributed by atoms with van der Waals surface area (Å²) in [6.45, 7) is 16.1. The van der Waals surface area contributed by atoms with E-state index in [1.54, 1.807) is 0 Å². The lowest BCUT2D eigenvalue weighted by Gasteiger charge is -2.36. The average molecular weight is 352 g/mol. The molecule has 0 aromatic heterocycles. The van der Waals surface area contributed by atoms with Gasteiger partial charge in [-0.15, -0.1) is 0 Å². The first-order chi connectivity index (χ1) is 12.0. The van der Waals surface area contributed by atoms with E-state index < -0.39 is 0 Å². The van der Waals surface area contributed by atoms with E-state index in [0.717, 1.165) is 31.8 Å². The van der Waals surface area contributed by atoms with Gasteiger partial charge >= 0.3 is 0 Å². The zero-order chi connectivity index (χ0) is 18.2. The number of carbonyl (C=O) groups is 2. The van der Waals surface area contributed by atoms with Crippen molar-refractivity contribution in [1.29, 1.82) is 0 Å². The quantitative estimate of drug-likeness (QED) is 0.599. The van der Waals surface area contributed by atoms with Crippen LogP contribution >= 0.6 is 0 Å². The molecule has 2 amide bonds. The molecule has 0 aromatic rings. The lowest BCUT2D eigenvalue weighted by Crippen LogP contribution is -2.53. The van der Waals surface area contributed by atoms with Gasteiger partial charge in [-0.1, -0.05) is 12.2 Å². The molecule has 0 spiro atoms. The second kappa shape index (κ2) is 9.89. The largest absolute Gasteiger partial charge is 0.378 e. The van der Waals surface area contributed by atoms with Crippen LogP contribution in [-0.4, -0.2) is 110 Å². The fraction of sp³-hybridized carbons (Fsp3) is 0.778. The Bertz CT molecular complexity index is 469. The Hall–Kier alpha value is -1.44. The van der Waals surface area contributed by atoms with E-state index in [9.17, 15) is 9.59 Å². The molecule has 7 heteroatoms. The van der Waals surface area contributed by atoms with Gasteiger partial charge in [0.05, 0.1) is 26.3 Å². The maximum absolute atomic E-state index is 12.4. The van der Waals surface area contributed by atoms with E-state index >= 15 is 0 Å². The Morgan fingerprint density at radius 1 is 1.00 bits per heavy atom. The maximum Gasteiger partial charge on any atom is 0.237 e. The average Bonchev–Trinajstić information content (AvgIpc) is 2.61. The summed E-state index contributed by atoms with van der Waals surface area (Å²) >= 11 is 0. The van der Waals surface area contributed by atoms with E-state index in [2.05, 4.69) is 16.4 Å². The number of morpholine rings is 1. The van der Waals surface area contributed by atoms with Gasteiger partial charge in [0.2, 0.25) is 11.8 Å². The van der Waals surface area contributed by atoms with Gasteiger partial charge in [-0.05, 0) is 13.8 Å². The maximum atomic E-state index is 12.4. The number of carbonyl (C=O) groups excluding carboxylic acids is 2. The third kappa shape index (κ3) is 6.41. The van der Waals surface area contributed by atoms with Crippen LogP contribution in [0, 0.1) is 0 Å². The fourth-order valence-electron chi connectivity index (χ4n) is 3.20. The number of piperazine rings is 1. The first kappa shape index (κ1) is 19.9. The number of rotatable bonds is 7. The van der Waals surface area contributed by atoms with Gasteiger partial charge in [-0.25, -0.2) is 0 Å². The molecule has 2 aliphatic heterocycles. The molecule has 2 saturated heterocycles. The molecule has 142 valence electrons. The minimum atomic E-state index is 0.156. The topological polar surface area (TPSA) is 56.3 Å². The number of likely N-dealkylation sites (N-methyl/N-ethyl adjacent to an activating group) is 1. The van der Waals surface area contributed by atoms with Crippen molar-refractivity contribution in [3.8, 4) is 0 Å². The lowest BCUT2D eigenvalue weighted by atomic mass is 10.2. The van der Waals surface area contributed by atoms with Gasteiger partial charge in [0.25, 0.3) is 0 Å². The second-order valence-corrected chi connectivity index (χ2v) is 6.91. The van der Waals surface area contributed by atoms with Crippen molar-refractivity contribution in [2.24, 2.45) is 0 Å². The number of nitrogens with zero attached hydrogens (tertiary/aromatic N) is 4. The molecule has 0 N–H and O–H groups in total. The second-order valence-electron chi connectivity index (χ2n) is 6.91. The molecule has 2 rings (SSSR count). The zero-order valence-electron chi connectivity index (χ0n) is 15.7. The summed E-state index contributed by atoms with van der Waals surface area (Å²) in [4.78, 5) is 32.8. The monoisotopic (exact) mass is 352 g/mol. The normalized spacial score (nSPS) is 19.7. The summed E-state index contributed by atoms with van der Waals surface area (Å²) in [6.07, 6.45) is 0. The molecule has 0 aliphatic carbocycles. The third-order valence-corrected chi connectivity index (χ3v) is 4.74. The van der Waals surface area contributed by atoms with E-state index in [4.69, 9.17) is 4.74 Å². The molecule has 0 radical (unpaired) electrons. The van der Waals surface area contributed by atoms with Gasteiger partial charge in [-0.2, -0.15) is 0 Å². The smallest absolute Gasteiger partial charge is 0.237 e. The standard InChI is InChI=1S/C18H32N4O3/c1-4-21(13-16(2)3)17(23)14-19-5-7-20(8-6-19)15-18(24)22-9-11-25-12-10-22/h2,4-15H2,1,3H3. The molecular weight excluding hydrogens is 320 g/mol. The van der Waals surface area contributed by atoms with Crippen LogP contribution in [0.5, 0.6) is 0 Å². The number of amides is 2. The van der Waals surface area contributed by atoms with Crippen molar-refractivity contribution in [2.75, 3.05) is 78.7 Å². The van der Waals surface area contributed by atoms with E-state index in [1.165, 1.54) is 0 Å². The van der Waals surface area contributed by atoms with Gasteiger partial charge in [0.15, 0.2) is 0 Å². The fourth-order valence-corrected chi connectivity index (χ4v) is 3.20. The summed E-state index contributed by atoms with van der Waals surface area (Å²) in [5.74, 6) is 0.342. The summed E-state index contributed by atoms with van der Waals surface area (Å²) in [7, 11) is 0. The van der Waals surface area contributed by atoms with Gasteiger partial charge in [0, 0.05) is 52.4 Å². The molecule has 0 unspecified atom stereocenters. The van der Waals surface area contributed by atoms with Crippen molar-refractivity contribution in [1.82, 2.24) is 19.6 Å². The van der Waals surface area contributed by atoms with Crippen LogP contribution in [0.3, 0.4) is 0 Å². The van der Waals surface area contributed by atoms with Gasteiger partial charge < -0.3 is 14.5 Å². The Kier molecular flexibility index (Phi) is 7.87. The summed E-state index contributed by atoms with van der Waals surface area (Å²) in [6, 6.07) is 0.